The number of benzene rings is 2. The maximum atomic E-state index is 12.3. The van der Waals surface area contributed by atoms with E-state index in [1.807, 2.05) is 71.3 Å². The molecule has 9 heteroatoms. The molecule has 0 aliphatic heterocycles. The Morgan fingerprint density at radius 1 is 1.09 bits per heavy atom. The van der Waals surface area contributed by atoms with Gasteiger partial charge in [-0.15, -0.1) is 10.2 Å². The summed E-state index contributed by atoms with van der Waals surface area (Å²) >= 11 is 1.29. The number of methoxy groups -OCH3 is 1. The number of nitrogens with zero attached hydrogens (tertiary/aromatic N) is 5. The van der Waals surface area contributed by atoms with E-state index in [0.717, 1.165) is 22.6 Å². The Kier molecular flexibility index (Phi) is 6.88. The Bertz CT molecular complexity index is 1210. The van der Waals surface area contributed by atoms with Crippen LogP contribution in [0, 0.1) is 0 Å². The van der Waals surface area contributed by atoms with E-state index in [1.54, 1.807) is 25.7 Å². The molecule has 0 aliphatic carbocycles. The van der Waals surface area contributed by atoms with Crippen LogP contribution in [0.4, 0.5) is 0 Å². The van der Waals surface area contributed by atoms with Gasteiger partial charge in [0.15, 0.2) is 11.0 Å². The molecule has 0 atom stereocenters. The largest absolute Gasteiger partial charge is 0.497 e. The topological polar surface area (TPSA) is 94.3 Å². The van der Waals surface area contributed by atoms with Gasteiger partial charge in [0.1, 0.15) is 5.75 Å². The van der Waals surface area contributed by atoms with Crippen molar-refractivity contribution in [1.29, 1.82) is 0 Å². The Hall–Kier alpha value is -3.98. The van der Waals surface area contributed by atoms with Crippen molar-refractivity contribution >= 4 is 23.9 Å². The molecule has 4 aromatic rings. The van der Waals surface area contributed by atoms with Crippen LogP contribution in [0.3, 0.4) is 0 Å². The molecule has 1 N–H and O–H groups in total. The first-order valence-electron chi connectivity index (χ1n) is 9.74. The van der Waals surface area contributed by atoms with Gasteiger partial charge in [0, 0.05) is 23.6 Å². The van der Waals surface area contributed by atoms with Gasteiger partial charge in [-0.25, -0.2) is 5.43 Å². The van der Waals surface area contributed by atoms with Crippen LogP contribution in [-0.4, -0.2) is 44.7 Å². The Labute approximate surface area is 189 Å². The number of rotatable bonds is 8. The Morgan fingerprint density at radius 3 is 2.69 bits per heavy atom. The maximum absolute atomic E-state index is 12.3. The first kappa shape index (κ1) is 21.3. The molecule has 0 unspecified atom stereocenters. The first-order chi connectivity index (χ1) is 15.7. The molecular formula is C23H20N6O2S. The lowest BCUT2D eigenvalue weighted by Crippen LogP contribution is -2.20. The normalized spacial score (nSPS) is 10.9. The number of amides is 1. The third-order valence-corrected chi connectivity index (χ3v) is 5.34. The molecule has 1 amide bonds. The second kappa shape index (κ2) is 10.4. The van der Waals surface area contributed by atoms with Crippen LogP contribution in [0.15, 0.2) is 89.4 Å². The summed E-state index contributed by atoms with van der Waals surface area (Å²) < 4.78 is 7.10. The standard InChI is InChI=1S/C23H20N6O2S/c1-31-20-9-5-6-17(14-20)15-25-26-21(30)16-32-23-28-27-22(18-10-12-24-13-11-18)29(23)19-7-3-2-4-8-19/h2-15H,16H2,1H3,(H,26,30)/b25-15-. The van der Waals surface area contributed by atoms with Crippen LogP contribution in [-0.2, 0) is 4.79 Å². The van der Waals surface area contributed by atoms with E-state index < -0.39 is 0 Å². The number of carbonyl (C=O) groups is 1. The minimum atomic E-state index is -0.248. The van der Waals surface area contributed by atoms with Crippen molar-refractivity contribution in [3.05, 3.63) is 84.7 Å². The summed E-state index contributed by atoms with van der Waals surface area (Å²) in [5.41, 5.74) is 5.15. The van der Waals surface area contributed by atoms with Crippen LogP contribution in [0.1, 0.15) is 5.56 Å². The van der Waals surface area contributed by atoms with Crippen LogP contribution in [0.25, 0.3) is 17.1 Å². The van der Waals surface area contributed by atoms with E-state index in [1.165, 1.54) is 11.8 Å². The fourth-order valence-electron chi connectivity index (χ4n) is 2.92. The highest BCUT2D eigenvalue weighted by Gasteiger charge is 2.17. The summed E-state index contributed by atoms with van der Waals surface area (Å²) in [6.45, 7) is 0. The molecule has 8 nitrogen and oxygen atoms in total. The monoisotopic (exact) mass is 444 g/mol. The van der Waals surface area contributed by atoms with Crippen molar-refractivity contribution in [3.63, 3.8) is 0 Å². The minimum absolute atomic E-state index is 0.136. The summed E-state index contributed by atoms with van der Waals surface area (Å²) in [6, 6.07) is 20.9. The highest BCUT2D eigenvalue weighted by molar-refractivity contribution is 7.99. The average Bonchev–Trinajstić information content (AvgIpc) is 3.28. The van der Waals surface area contributed by atoms with Gasteiger partial charge >= 0.3 is 0 Å². The highest BCUT2D eigenvalue weighted by atomic mass is 32.2. The highest BCUT2D eigenvalue weighted by Crippen LogP contribution is 2.27. The van der Waals surface area contributed by atoms with Crippen LogP contribution in [0.2, 0.25) is 0 Å². The first-order valence-corrected chi connectivity index (χ1v) is 10.7. The zero-order valence-corrected chi connectivity index (χ0v) is 18.1. The molecule has 0 aliphatic rings. The molecule has 0 saturated carbocycles. The number of pyridine rings is 1. The van der Waals surface area contributed by atoms with Gasteiger partial charge in [-0.1, -0.05) is 42.1 Å². The average molecular weight is 445 g/mol. The Morgan fingerprint density at radius 2 is 1.91 bits per heavy atom. The van der Waals surface area contributed by atoms with Gasteiger partial charge in [-0.2, -0.15) is 5.10 Å². The van der Waals surface area contributed by atoms with Gasteiger partial charge in [-0.3, -0.25) is 14.3 Å². The molecule has 2 aromatic carbocycles. The van der Waals surface area contributed by atoms with Gasteiger partial charge in [-0.05, 0) is 42.0 Å². The quantitative estimate of drug-likeness (QED) is 0.254. The number of hydrogen-bond donors (Lipinski definition) is 1. The predicted octanol–water partition coefficient (Wildman–Crippen LogP) is 3.58. The number of para-hydroxylation sites is 1. The van der Waals surface area contributed by atoms with E-state index in [-0.39, 0.29) is 11.7 Å². The molecule has 0 bridgehead atoms. The smallest absolute Gasteiger partial charge is 0.250 e. The van der Waals surface area contributed by atoms with Gasteiger partial charge in [0.25, 0.3) is 5.91 Å². The lowest BCUT2D eigenvalue weighted by atomic mass is 10.2. The van der Waals surface area contributed by atoms with Gasteiger partial charge in [0.2, 0.25) is 0 Å². The fraction of sp³-hybridized carbons (Fsp3) is 0.0870. The SMILES string of the molecule is COc1cccc(/C=N\NC(=O)CSc2nnc(-c3ccncc3)n2-c2ccccc2)c1. The summed E-state index contributed by atoms with van der Waals surface area (Å²) in [5.74, 6) is 1.29. The van der Waals surface area contributed by atoms with Crippen molar-refractivity contribution in [1.82, 2.24) is 25.2 Å². The number of thioether (sulfide) groups is 1. The second-order valence-electron chi connectivity index (χ2n) is 6.57. The number of aromatic nitrogens is 4. The van der Waals surface area contributed by atoms with Crippen molar-refractivity contribution in [2.45, 2.75) is 5.16 Å². The fourth-order valence-corrected chi connectivity index (χ4v) is 3.67. The van der Waals surface area contributed by atoms with E-state index >= 15 is 0 Å². The van der Waals surface area contributed by atoms with E-state index in [0.29, 0.717) is 11.0 Å². The molecule has 4 rings (SSSR count). The molecule has 32 heavy (non-hydrogen) atoms. The zero-order chi connectivity index (χ0) is 22.2. The van der Waals surface area contributed by atoms with Gasteiger partial charge in [0.05, 0.1) is 19.1 Å². The minimum Gasteiger partial charge on any atom is -0.497 e. The number of nitrogens with one attached hydrogen (secondary N) is 1. The molecule has 0 fully saturated rings. The molecule has 160 valence electrons. The summed E-state index contributed by atoms with van der Waals surface area (Å²) in [4.78, 5) is 16.4. The summed E-state index contributed by atoms with van der Waals surface area (Å²) in [6.07, 6.45) is 4.99. The molecule has 0 saturated heterocycles. The maximum Gasteiger partial charge on any atom is 0.250 e. The van der Waals surface area contributed by atoms with Crippen molar-refractivity contribution in [2.75, 3.05) is 12.9 Å². The number of hydrogen-bond acceptors (Lipinski definition) is 7. The van der Waals surface area contributed by atoms with E-state index in [9.17, 15) is 4.79 Å². The van der Waals surface area contributed by atoms with Crippen LogP contribution < -0.4 is 10.2 Å². The van der Waals surface area contributed by atoms with Crippen molar-refractivity contribution in [2.24, 2.45) is 5.10 Å². The van der Waals surface area contributed by atoms with Crippen molar-refractivity contribution < 1.29 is 9.53 Å². The number of hydrazone groups is 1. The molecule has 0 radical (unpaired) electrons. The van der Waals surface area contributed by atoms with E-state index in [4.69, 9.17) is 4.74 Å². The van der Waals surface area contributed by atoms with Gasteiger partial charge < -0.3 is 4.74 Å². The predicted molar refractivity (Wildman–Crippen MR) is 124 cm³/mol. The molecule has 0 spiro atoms. The number of ether oxygens (including phenoxy) is 1. The molecular weight excluding hydrogens is 424 g/mol. The lowest BCUT2D eigenvalue weighted by Gasteiger charge is -2.10. The third-order valence-electron chi connectivity index (χ3n) is 4.42. The van der Waals surface area contributed by atoms with E-state index in [2.05, 4.69) is 25.7 Å². The molecule has 2 heterocycles. The van der Waals surface area contributed by atoms with Crippen molar-refractivity contribution in [3.8, 4) is 22.8 Å². The van der Waals surface area contributed by atoms with Crippen LogP contribution >= 0.6 is 11.8 Å². The Balaban J connectivity index is 1.46. The summed E-state index contributed by atoms with van der Waals surface area (Å²) in [7, 11) is 1.60. The second-order valence-corrected chi connectivity index (χ2v) is 7.51. The zero-order valence-electron chi connectivity index (χ0n) is 17.3. The molecule has 2 aromatic heterocycles. The lowest BCUT2D eigenvalue weighted by molar-refractivity contribution is -0.118. The number of carbonyl (C=O) groups excluding carboxylic acids is 1. The summed E-state index contributed by atoms with van der Waals surface area (Å²) in [5, 5.41) is 13.3. The third kappa shape index (κ3) is 5.19. The van der Waals surface area contributed by atoms with Crippen LogP contribution in [0.5, 0.6) is 5.75 Å².